The fourth-order valence-electron chi connectivity index (χ4n) is 3.94. The molecule has 0 saturated heterocycles. The summed E-state index contributed by atoms with van der Waals surface area (Å²) in [6, 6.07) is 2.91. The van der Waals surface area contributed by atoms with Crippen LogP contribution in [0.5, 0.6) is 0 Å². The van der Waals surface area contributed by atoms with Gasteiger partial charge in [-0.05, 0) is 31.7 Å². The zero-order chi connectivity index (χ0) is 17.5. The number of aryl methyl sites for hydroxylation is 1. The Kier molecular flexibility index (Phi) is 6.87. The summed E-state index contributed by atoms with van der Waals surface area (Å²) < 4.78 is 7.40. The van der Waals surface area contributed by atoms with Crippen molar-refractivity contribution >= 4 is 5.91 Å². The van der Waals surface area contributed by atoms with Crippen LogP contribution in [0.1, 0.15) is 63.3 Å². The van der Waals surface area contributed by atoms with E-state index in [0.717, 1.165) is 37.7 Å². The molecule has 0 unspecified atom stereocenters. The van der Waals surface area contributed by atoms with E-state index in [4.69, 9.17) is 9.84 Å². The highest BCUT2D eigenvalue weighted by Gasteiger charge is 2.24. The molecule has 2 heterocycles. The molecule has 1 aliphatic heterocycles. The smallest absolute Gasteiger partial charge is 0.246 e. The Balaban J connectivity index is 1.53. The molecule has 1 aromatic heterocycles. The quantitative estimate of drug-likeness (QED) is 0.769. The van der Waals surface area contributed by atoms with E-state index in [0.29, 0.717) is 13.2 Å². The minimum atomic E-state index is -0.0690. The number of hydrogen-bond donors (Lipinski definition) is 1. The highest BCUT2D eigenvalue weighted by molar-refractivity contribution is 5.77. The molecule has 1 amide bonds. The van der Waals surface area contributed by atoms with Crippen molar-refractivity contribution in [3.8, 4) is 0 Å². The van der Waals surface area contributed by atoms with Gasteiger partial charge in [0.2, 0.25) is 5.91 Å². The van der Waals surface area contributed by atoms with Gasteiger partial charge < -0.3 is 10.1 Å². The molecular weight excluding hydrogens is 316 g/mol. The van der Waals surface area contributed by atoms with Crippen molar-refractivity contribution in [2.24, 2.45) is 0 Å². The minimum Gasteiger partial charge on any atom is -0.372 e. The van der Waals surface area contributed by atoms with Gasteiger partial charge in [-0.25, -0.2) is 0 Å². The zero-order valence-electron chi connectivity index (χ0n) is 15.5. The maximum atomic E-state index is 11.8. The lowest BCUT2D eigenvalue weighted by Gasteiger charge is -2.33. The number of nitrogens with zero attached hydrogens (tertiary/aromatic N) is 3. The molecule has 0 radical (unpaired) electrons. The van der Waals surface area contributed by atoms with E-state index in [1.54, 1.807) is 0 Å². The Morgan fingerprint density at radius 3 is 2.92 bits per heavy atom. The van der Waals surface area contributed by atoms with Gasteiger partial charge in [-0.3, -0.25) is 14.4 Å². The summed E-state index contributed by atoms with van der Waals surface area (Å²) in [5.74, 6) is -0.0690. The number of ether oxygens (including phenoxy) is 1. The number of aromatic nitrogens is 2. The van der Waals surface area contributed by atoms with Crippen LogP contribution in [0.25, 0.3) is 0 Å². The summed E-state index contributed by atoms with van der Waals surface area (Å²) in [4.78, 5) is 14.4. The Bertz CT molecular complexity index is 552. The van der Waals surface area contributed by atoms with Crippen LogP contribution in [-0.2, 0) is 29.2 Å². The second kappa shape index (κ2) is 9.34. The fraction of sp³-hybridized carbons (Fsp3) is 0.789. The van der Waals surface area contributed by atoms with Gasteiger partial charge >= 0.3 is 0 Å². The van der Waals surface area contributed by atoms with Crippen molar-refractivity contribution in [2.45, 2.75) is 77.5 Å². The van der Waals surface area contributed by atoms with Crippen molar-refractivity contribution in [1.82, 2.24) is 20.0 Å². The standard InChI is InChI=1S/C19H32N4O2/c1-2-11-25-15-19(24)20-13-16-12-18-14-22(9-6-10-23(18)21-16)17-7-4-3-5-8-17/h12,17H,2-11,13-15H2,1H3,(H,20,24). The monoisotopic (exact) mass is 348 g/mol. The zero-order valence-corrected chi connectivity index (χ0v) is 15.5. The van der Waals surface area contributed by atoms with Crippen LogP contribution in [0.2, 0.25) is 0 Å². The molecule has 2 aliphatic rings. The summed E-state index contributed by atoms with van der Waals surface area (Å²) in [5, 5.41) is 7.60. The predicted octanol–water partition coefficient (Wildman–Crippen LogP) is 2.46. The molecule has 0 atom stereocenters. The van der Waals surface area contributed by atoms with Gasteiger partial charge in [-0.2, -0.15) is 5.10 Å². The predicted molar refractivity (Wildman–Crippen MR) is 97.1 cm³/mol. The molecule has 6 heteroatoms. The fourth-order valence-corrected chi connectivity index (χ4v) is 3.94. The summed E-state index contributed by atoms with van der Waals surface area (Å²) in [6.45, 7) is 6.43. The number of nitrogens with one attached hydrogen (secondary N) is 1. The molecule has 0 aromatic carbocycles. The first-order chi connectivity index (χ1) is 12.3. The molecular formula is C19H32N4O2. The largest absolute Gasteiger partial charge is 0.372 e. The Morgan fingerprint density at radius 1 is 1.28 bits per heavy atom. The maximum Gasteiger partial charge on any atom is 0.246 e. The Labute approximate surface area is 150 Å². The van der Waals surface area contributed by atoms with Crippen LogP contribution in [0, 0.1) is 0 Å². The highest BCUT2D eigenvalue weighted by atomic mass is 16.5. The lowest BCUT2D eigenvalue weighted by molar-refractivity contribution is -0.125. The van der Waals surface area contributed by atoms with Gasteiger partial charge in [-0.15, -0.1) is 0 Å². The number of carbonyl (C=O) groups is 1. The van der Waals surface area contributed by atoms with Crippen molar-refractivity contribution in [3.05, 3.63) is 17.5 Å². The van der Waals surface area contributed by atoms with Gasteiger partial charge in [0.05, 0.1) is 17.9 Å². The first-order valence-electron chi connectivity index (χ1n) is 9.90. The van der Waals surface area contributed by atoms with Gasteiger partial charge in [0.25, 0.3) is 0 Å². The van der Waals surface area contributed by atoms with E-state index in [1.165, 1.54) is 44.3 Å². The van der Waals surface area contributed by atoms with Crippen LogP contribution in [-0.4, -0.2) is 46.4 Å². The minimum absolute atomic E-state index is 0.0690. The third-order valence-corrected chi connectivity index (χ3v) is 5.23. The topological polar surface area (TPSA) is 59.4 Å². The molecule has 0 bridgehead atoms. The van der Waals surface area contributed by atoms with Crippen LogP contribution in [0.15, 0.2) is 6.07 Å². The van der Waals surface area contributed by atoms with Gasteiger partial charge in [0.1, 0.15) is 6.61 Å². The first kappa shape index (κ1) is 18.4. The van der Waals surface area contributed by atoms with Crippen LogP contribution in [0.4, 0.5) is 0 Å². The molecule has 3 rings (SSSR count). The van der Waals surface area contributed by atoms with Gasteiger partial charge in [0, 0.05) is 32.3 Å². The lowest BCUT2D eigenvalue weighted by atomic mass is 9.94. The molecule has 140 valence electrons. The third kappa shape index (κ3) is 5.28. The second-order valence-electron chi connectivity index (χ2n) is 7.30. The van der Waals surface area contributed by atoms with E-state index in [2.05, 4.69) is 21.0 Å². The molecule has 6 nitrogen and oxygen atoms in total. The van der Waals surface area contributed by atoms with Crippen LogP contribution >= 0.6 is 0 Å². The normalized spacial score (nSPS) is 19.4. The number of amides is 1. The second-order valence-corrected chi connectivity index (χ2v) is 7.30. The Hall–Kier alpha value is -1.40. The molecule has 1 aromatic rings. The summed E-state index contributed by atoms with van der Waals surface area (Å²) in [6.07, 6.45) is 8.91. The van der Waals surface area contributed by atoms with Crippen LogP contribution in [0.3, 0.4) is 0 Å². The first-order valence-corrected chi connectivity index (χ1v) is 9.90. The molecule has 1 fully saturated rings. The summed E-state index contributed by atoms with van der Waals surface area (Å²) in [7, 11) is 0. The molecule has 0 spiro atoms. The van der Waals surface area contributed by atoms with Crippen molar-refractivity contribution in [1.29, 1.82) is 0 Å². The SMILES string of the molecule is CCCOCC(=O)NCc1cc2n(n1)CCCN(C1CCCCC1)C2. The molecule has 1 saturated carbocycles. The maximum absolute atomic E-state index is 11.8. The van der Waals surface area contributed by atoms with Crippen LogP contribution < -0.4 is 5.32 Å². The highest BCUT2D eigenvalue weighted by Crippen LogP contribution is 2.25. The van der Waals surface area contributed by atoms with E-state index in [1.807, 2.05) is 6.92 Å². The van der Waals surface area contributed by atoms with E-state index >= 15 is 0 Å². The molecule has 25 heavy (non-hydrogen) atoms. The van der Waals surface area contributed by atoms with E-state index < -0.39 is 0 Å². The molecule has 1 aliphatic carbocycles. The number of hydrogen-bond acceptors (Lipinski definition) is 4. The summed E-state index contributed by atoms with van der Waals surface area (Å²) in [5.41, 5.74) is 2.24. The van der Waals surface area contributed by atoms with Crippen molar-refractivity contribution < 1.29 is 9.53 Å². The Morgan fingerprint density at radius 2 is 2.12 bits per heavy atom. The van der Waals surface area contributed by atoms with E-state index in [-0.39, 0.29) is 12.5 Å². The molecule has 1 N–H and O–H groups in total. The average Bonchev–Trinajstić information content (AvgIpc) is 2.91. The third-order valence-electron chi connectivity index (χ3n) is 5.23. The number of carbonyl (C=O) groups excluding carboxylic acids is 1. The van der Waals surface area contributed by atoms with Gasteiger partial charge in [-0.1, -0.05) is 26.2 Å². The summed E-state index contributed by atoms with van der Waals surface area (Å²) >= 11 is 0. The number of fused-ring (bicyclic) bond motifs is 1. The number of rotatable bonds is 7. The van der Waals surface area contributed by atoms with Crippen molar-refractivity contribution in [3.63, 3.8) is 0 Å². The van der Waals surface area contributed by atoms with Crippen molar-refractivity contribution in [2.75, 3.05) is 19.8 Å². The van der Waals surface area contributed by atoms with E-state index in [9.17, 15) is 4.79 Å². The average molecular weight is 348 g/mol. The van der Waals surface area contributed by atoms with Gasteiger partial charge in [0.15, 0.2) is 0 Å². The lowest BCUT2D eigenvalue weighted by Crippen LogP contribution is -2.36.